The van der Waals surface area contributed by atoms with Crippen LogP contribution in [0.3, 0.4) is 0 Å². The Kier molecular flexibility index (Phi) is 7.20. The van der Waals surface area contributed by atoms with E-state index in [1.54, 1.807) is 25.3 Å². The summed E-state index contributed by atoms with van der Waals surface area (Å²) in [5.41, 5.74) is 2.99. The summed E-state index contributed by atoms with van der Waals surface area (Å²) in [5.74, 6) is -0.534. The SMILES string of the molecule is COCCCN1C(=O)C(=O)/C(=C(\O)c2cc(C)ccc2C)C1c1ccc(OC)c(OC)c1. The quantitative estimate of drug-likeness (QED) is 0.292. The molecule has 1 saturated heterocycles. The van der Waals surface area contributed by atoms with E-state index >= 15 is 0 Å². The average molecular weight is 440 g/mol. The number of hydrogen-bond acceptors (Lipinski definition) is 6. The molecule has 0 aliphatic carbocycles. The Labute approximate surface area is 188 Å². The van der Waals surface area contributed by atoms with E-state index in [4.69, 9.17) is 14.2 Å². The van der Waals surface area contributed by atoms with Gasteiger partial charge in [0.15, 0.2) is 11.5 Å². The molecule has 0 spiro atoms. The van der Waals surface area contributed by atoms with Crippen LogP contribution in [0, 0.1) is 13.8 Å². The van der Waals surface area contributed by atoms with E-state index < -0.39 is 17.7 Å². The number of carbonyl (C=O) groups excluding carboxylic acids is 2. The molecule has 7 heteroatoms. The highest BCUT2D eigenvalue weighted by atomic mass is 16.5. The lowest BCUT2D eigenvalue weighted by Gasteiger charge is -2.26. The number of carbonyl (C=O) groups is 2. The van der Waals surface area contributed by atoms with E-state index in [0.717, 1.165) is 11.1 Å². The van der Waals surface area contributed by atoms with Crippen LogP contribution in [-0.4, -0.2) is 56.2 Å². The second-order valence-electron chi connectivity index (χ2n) is 7.77. The molecule has 7 nitrogen and oxygen atoms in total. The zero-order valence-corrected chi connectivity index (χ0v) is 19.1. The molecule has 2 aromatic carbocycles. The van der Waals surface area contributed by atoms with Crippen molar-refractivity contribution in [3.8, 4) is 11.5 Å². The molecule has 1 aliphatic heterocycles. The third kappa shape index (κ3) is 4.34. The zero-order chi connectivity index (χ0) is 23.4. The maximum absolute atomic E-state index is 13.1. The highest BCUT2D eigenvalue weighted by molar-refractivity contribution is 6.46. The molecule has 1 fully saturated rings. The molecular weight excluding hydrogens is 410 g/mol. The van der Waals surface area contributed by atoms with E-state index in [1.807, 2.05) is 32.0 Å². The fraction of sp³-hybridized carbons (Fsp3) is 0.360. The molecular formula is C25H29NO6. The molecule has 3 rings (SSSR count). The van der Waals surface area contributed by atoms with Crippen molar-refractivity contribution in [1.82, 2.24) is 4.90 Å². The summed E-state index contributed by atoms with van der Waals surface area (Å²) in [6, 6.07) is 10.1. The summed E-state index contributed by atoms with van der Waals surface area (Å²) < 4.78 is 15.9. The Morgan fingerprint density at radius 2 is 1.72 bits per heavy atom. The van der Waals surface area contributed by atoms with E-state index in [0.29, 0.717) is 42.2 Å². The highest BCUT2D eigenvalue weighted by Crippen LogP contribution is 2.42. The molecule has 0 bridgehead atoms. The second-order valence-corrected chi connectivity index (χ2v) is 7.77. The second kappa shape index (κ2) is 9.87. The number of hydrogen-bond donors (Lipinski definition) is 1. The lowest BCUT2D eigenvalue weighted by molar-refractivity contribution is -0.140. The molecule has 0 saturated carbocycles. The highest BCUT2D eigenvalue weighted by Gasteiger charge is 2.46. The van der Waals surface area contributed by atoms with Crippen molar-refractivity contribution in [2.45, 2.75) is 26.3 Å². The van der Waals surface area contributed by atoms with Crippen LogP contribution in [0.5, 0.6) is 11.5 Å². The molecule has 1 atom stereocenters. The summed E-state index contributed by atoms with van der Waals surface area (Å²) in [6.45, 7) is 4.51. The summed E-state index contributed by atoms with van der Waals surface area (Å²) in [6.07, 6.45) is 0.552. The molecule has 1 aliphatic rings. The first kappa shape index (κ1) is 23.3. The summed E-state index contributed by atoms with van der Waals surface area (Å²) >= 11 is 0. The first-order valence-electron chi connectivity index (χ1n) is 10.4. The van der Waals surface area contributed by atoms with Crippen LogP contribution in [0.15, 0.2) is 42.0 Å². The first-order valence-corrected chi connectivity index (χ1v) is 10.4. The van der Waals surface area contributed by atoms with E-state index in [-0.39, 0.29) is 11.3 Å². The number of aliphatic hydroxyl groups excluding tert-OH is 1. The van der Waals surface area contributed by atoms with Crippen molar-refractivity contribution in [2.24, 2.45) is 0 Å². The van der Waals surface area contributed by atoms with Gasteiger partial charge in [0.25, 0.3) is 11.7 Å². The van der Waals surface area contributed by atoms with Gasteiger partial charge >= 0.3 is 0 Å². The summed E-state index contributed by atoms with van der Waals surface area (Å²) in [5, 5.41) is 11.3. The molecule has 1 heterocycles. The van der Waals surface area contributed by atoms with Crippen LogP contribution in [0.25, 0.3) is 5.76 Å². The van der Waals surface area contributed by atoms with Crippen molar-refractivity contribution in [2.75, 3.05) is 34.5 Å². The number of benzene rings is 2. The maximum Gasteiger partial charge on any atom is 0.295 e. The largest absolute Gasteiger partial charge is 0.507 e. The number of ketones is 1. The lowest BCUT2D eigenvalue weighted by atomic mass is 9.93. The van der Waals surface area contributed by atoms with Crippen molar-refractivity contribution < 1.29 is 28.9 Å². The van der Waals surface area contributed by atoms with Gasteiger partial charge in [0.2, 0.25) is 0 Å². The normalized spacial score (nSPS) is 17.7. The van der Waals surface area contributed by atoms with Gasteiger partial charge in [-0.25, -0.2) is 0 Å². The standard InChI is InChI=1S/C25H29NO6/c1-15-7-8-16(2)18(13-15)23(27)21-22(17-9-10-19(31-4)20(14-17)32-5)26(11-6-12-30-3)25(29)24(21)28/h7-10,13-14,22,27H,6,11-12H2,1-5H3/b23-21-. The number of likely N-dealkylation sites (tertiary alicyclic amines) is 1. The zero-order valence-electron chi connectivity index (χ0n) is 19.1. The topological polar surface area (TPSA) is 85.3 Å². The third-order valence-electron chi connectivity index (χ3n) is 5.66. The van der Waals surface area contributed by atoms with Gasteiger partial charge in [0, 0.05) is 25.8 Å². The van der Waals surface area contributed by atoms with E-state index in [1.165, 1.54) is 19.1 Å². The summed E-state index contributed by atoms with van der Waals surface area (Å²) in [7, 11) is 4.64. The number of Topliss-reactive ketones (excluding diaryl/α,β-unsaturated/α-hetero) is 1. The molecule has 170 valence electrons. The number of amides is 1. The van der Waals surface area contributed by atoms with E-state index in [9.17, 15) is 14.7 Å². The Bertz CT molecular complexity index is 1060. The Morgan fingerprint density at radius 3 is 2.38 bits per heavy atom. The molecule has 2 aromatic rings. The van der Waals surface area contributed by atoms with E-state index in [2.05, 4.69) is 0 Å². The molecule has 0 radical (unpaired) electrons. The lowest BCUT2D eigenvalue weighted by Crippen LogP contribution is -2.31. The number of nitrogens with zero attached hydrogens (tertiary/aromatic N) is 1. The fourth-order valence-electron chi connectivity index (χ4n) is 4.00. The van der Waals surface area contributed by atoms with Crippen LogP contribution in [0.2, 0.25) is 0 Å². The van der Waals surface area contributed by atoms with Crippen LogP contribution in [0.4, 0.5) is 0 Å². The Hall–Kier alpha value is -3.32. The smallest absolute Gasteiger partial charge is 0.295 e. The van der Waals surface area contributed by atoms with Gasteiger partial charge in [0.1, 0.15) is 5.76 Å². The van der Waals surface area contributed by atoms with Crippen LogP contribution in [-0.2, 0) is 14.3 Å². The van der Waals surface area contributed by atoms with Gasteiger partial charge in [-0.3, -0.25) is 9.59 Å². The Balaban J connectivity index is 2.21. The number of aliphatic hydroxyl groups is 1. The fourth-order valence-corrected chi connectivity index (χ4v) is 4.00. The minimum Gasteiger partial charge on any atom is -0.507 e. The van der Waals surface area contributed by atoms with Gasteiger partial charge in [-0.05, 0) is 49.6 Å². The maximum atomic E-state index is 13.1. The van der Waals surface area contributed by atoms with Crippen molar-refractivity contribution in [1.29, 1.82) is 0 Å². The van der Waals surface area contributed by atoms with Gasteiger partial charge < -0.3 is 24.2 Å². The number of rotatable bonds is 8. The van der Waals surface area contributed by atoms with Gasteiger partial charge in [-0.2, -0.15) is 0 Å². The minimum atomic E-state index is -0.758. The van der Waals surface area contributed by atoms with Crippen LogP contribution < -0.4 is 9.47 Å². The Morgan fingerprint density at radius 1 is 1.00 bits per heavy atom. The number of methoxy groups -OCH3 is 3. The van der Waals surface area contributed by atoms with Crippen LogP contribution in [0.1, 0.15) is 34.7 Å². The molecule has 0 aromatic heterocycles. The monoisotopic (exact) mass is 439 g/mol. The third-order valence-corrected chi connectivity index (χ3v) is 5.66. The van der Waals surface area contributed by atoms with Gasteiger partial charge in [0.05, 0.1) is 25.8 Å². The predicted molar refractivity (Wildman–Crippen MR) is 121 cm³/mol. The average Bonchev–Trinajstić information content (AvgIpc) is 3.04. The first-order chi connectivity index (χ1) is 15.3. The number of ether oxygens (including phenoxy) is 3. The van der Waals surface area contributed by atoms with Crippen molar-refractivity contribution in [3.05, 3.63) is 64.2 Å². The predicted octanol–water partition coefficient (Wildman–Crippen LogP) is 3.78. The molecule has 1 amide bonds. The van der Waals surface area contributed by atoms with Gasteiger partial charge in [-0.1, -0.05) is 23.8 Å². The van der Waals surface area contributed by atoms with Crippen molar-refractivity contribution in [3.63, 3.8) is 0 Å². The van der Waals surface area contributed by atoms with Crippen LogP contribution >= 0.6 is 0 Å². The molecule has 1 N–H and O–H groups in total. The number of aryl methyl sites for hydroxylation is 2. The minimum absolute atomic E-state index is 0.0633. The van der Waals surface area contributed by atoms with Crippen molar-refractivity contribution >= 4 is 17.4 Å². The molecule has 32 heavy (non-hydrogen) atoms. The van der Waals surface area contributed by atoms with Gasteiger partial charge in [-0.15, -0.1) is 0 Å². The molecule has 1 unspecified atom stereocenters. The summed E-state index contributed by atoms with van der Waals surface area (Å²) in [4.78, 5) is 27.6.